The highest BCUT2D eigenvalue weighted by molar-refractivity contribution is 8.00. The summed E-state index contributed by atoms with van der Waals surface area (Å²) in [6.07, 6.45) is 6.67. The van der Waals surface area contributed by atoms with Crippen LogP contribution in [0.3, 0.4) is 0 Å². The van der Waals surface area contributed by atoms with Gasteiger partial charge in [-0.1, -0.05) is 43.8 Å². The number of nitrogens with one attached hydrogen (secondary N) is 3. The third-order valence-corrected chi connectivity index (χ3v) is 27.8. The van der Waals surface area contributed by atoms with Crippen LogP contribution in [-0.2, 0) is 61.9 Å². The zero-order valence-corrected chi connectivity index (χ0v) is 75.2. The van der Waals surface area contributed by atoms with E-state index in [0.717, 1.165) is 53.7 Å². The number of aromatic nitrogens is 5. The first-order valence-corrected chi connectivity index (χ1v) is 44.7. The summed E-state index contributed by atoms with van der Waals surface area (Å²) in [5, 5.41) is 46.3. The number of carbonyl (C=O) groups is 11. The SMILES string of the molecule is C.COC(=O)c1c(OC)c(=O)c(C(=O)O)cn1CC=O.COc1c2n(cc(C(=O)NCc3ccc(F)cc3)c1=O)CC1SC[C@H](C)N1C2=O.COc1c2n(cc(C(=O)O)c1=O)CC1SC[C@H](C)N1C2=O.C[C@H](N)CS.C[C@H]1CSC2Cn3cc(C(=O)NCc4ccc(F)cc4)c(=O)c(O)c3C(=O)N21.C[C@H]1CSC2Cn3cc(C(=O)NCc4ccc(F)cc4)c(=O)c(O)c3C(=O)N21. The van der Waals surface area contributed by atoms with Gasteiger partial charge in [0, 0.05) is 110 Å². The Kier molecular flexibility index (Phi) is 33.2. The number of pyridine rings is 5. The van der Waals surface area contributed by atoms with E-state index in [1.165, 1.54) is 113 Å². The number of fused-ring (bicyclic) bond motifs is 8. The number of hydrogen-bond acceptors (Lipinski definition) is 28. The summed E-state index contributed by atoms with van der Waals surface area (Å²) in [7, 11) is 4.78. The van der Waals surface area contributed by atoms with Crippen molar-refractivity contribution in [3.63, 3.8) is 0 Å². The van der Waals surface area contributed by atoms with Crippen molar-refractivity contribution in [3.8, 4) is 28.7 Å². The molecule has 8 aliphatic rings. The smallest absolute Gasteiger partial charge is 0.358 e. The van der Waals surface area contributed by atoms with Crippen LogP contribution in [-0.4, -0.2) is 237 Å². The number of nitrogens with two attached hydrogens (primary N) is 1. The average Bonchev–Trinajstić information content (AvgIpc) is 1.72. The topological polar surface area (TPSA) is 491 Å². The second kappa shape index (κ2) is 43.3. The van der Waals surface area contributed by atoms with Gasteiger partial charge in [0.25, 0.3) is 41.4 Å². The molecule has 0 spiro atoms. The number of aldehydes is 1. The number of carboxylic acid groups (broad SMARTS) is 2. The van der Waals surface area contributed by atoms with Crippen LogP contribution in [0, 0.1) is 17.5 Å². The Morgan fingerprint density at radius 2 is 0.725 bits per heavy atom. The van der Waals surface area contributed by atoms with Crippen molar-refractivity contribution in [2.24, 2.45) is 5.73 Å². The Hall–Kier alpha value is -12.7. The number of thioether (sulfide) groups is 4. The van der Waals surface area contributed by atoms with Gasteiger partial charge in [-0.25, -0.2) is 27.6 Å². The number of ether oxygens (including phenoxy) is 4. The average molecular weight is 1910 g/mol. The van der Waals surface area contributed by atoms with Crippen LogP contribution < -0.4 is 63.0 Å². The van der Waals surface area contributed by atoms with E-state index in [-0.39, 0.29) is 177 Å². The standard InChI is InChI=1S/C20H20FN3O4S.2C19H18FN3O4S.C13H14N2O5S.C11H11NO7.C3H9NS.CH4/c1-11-10-29-15-9-23-8-14(17(25)18(28-2)16(23)20(27)24(11)15)19(26)22-7-12-3-5-13(21)6-4-12;2*1-10-9-28-14-8-22-7-13(16(24)17(25)15(22)19(27)23(10)14)18(26)21-6-11-2-4-12(20)5-3-11;1-6-5-21-8-4-14-3-7(13(18)19)10(16)11(20-2)9(14)12(17)15(6)8;1-18-9-7(11(17)19-2)12(3-4-13)5-6(8(9)14)10(15)16;1-3(4)2-5;/h3-6,8,11,15H,7,9-10H2,1-2H3,(H,22,26);2*2-5,7,10,14,25H,6,8-9H2,1H3,(H,21,26);3,6,8H,4-5H2,1-2H3,(H,18,19);4-5H,3H2,1-2H3,(H,15,16);3,5H,2,4H2,1H3;1H4/t11-,15?;2*10-,14?;6-,8?;;3-;/m0000.0./s1. The number of amides is 7. The largest absolute Gasteiger partial charge is 0.503 e. The number of esters is 1. The Morgan fingerprint density at radius 3 is 1.01 bits per heavy atom. The number of nitrogens with zero attached hydrogens (tertiary/aromatic N) is 9. The summed E-state index contributed by atoms with van der Waals surface area (Å²) < 4.78 is 65.6. The molecule has 4 unspecified atom stereocenters. The molecule has 45 heteroatoms. The molecular formula is C86H94F3N13O24S5. The molecule has 0 aliphatic carbocycles. The predicted octanol–water partition coefficient (Wildman–Crippen LogP) is 5.84. The third kappa shape index (κ3) is 21.5. The monoisotopic (exact) mass is 1910 g/mol. The van der Waals surface area contributed by atoms with Crippen LogP contribution in [0.2, 0.25) is 0 Å². The van der Waals surface area contributed by atoms with Crippen molar-refractivity contribution >= 4 is 125 Å². The Labute approximate surface area is 767 Å². The van der Waals surface area contributed by atoms with Gasteiger partial charge in [-0.2, -0.15) is 12.6 Å². The van der Waals surface area contributed by atoms with Crippen molar-refractivity contribution in [2.75, 3.05) is 57.2 Å². The highest BCUT2D eigenvalue weighted by Crippen LogP contribution is 2.41. The van der Waals surface area contributed by atoms with E-state index in [1.807, 2.05) is 34.6 Å². The molecule has 9 atom stereocenters. The van der Waals surface area contributed by atoms with Crippen molar-refractivity contribution in [2.45, 2.75) is 146 Å². The number of rotatable bonds is 18. The lowest BCUT2D eigenvalue weighted by Gasteiger charge is -2.35. The van der Waals surface area contributed by atoms with Crippen molar-refractivity contribution in [1.82, 2.24) is 58.4 Å². The summed E-state index contributed by atoms with van der Waals surface area (Å²) in [6.45, 7) is 11.4. The van der Waals surface area contributed by atoms with Gasteiger partial charge in [0.15, 0.2) is 57.2 Å². The Morgan fingerprint density at radius 1 is 0.458 bits per heavy atom. The van der Waals surface area contributed by atoms with Gasteiger partial charge in [0.1, 0.15) is 51.6 Å². The number of halogens is 3. The lowest BCUT2D eigenvalue weighted by molar-refractivity contribution is -0.108. The molecule has 16 rings (SSSR count). The van der Waals surface area contributed by atoms with Crippen LogP contribution in [0.4, 0.5) is 13.2 Å². The predicted molar refractivity (Wildman–Crippen MR) is 482 cm³/mol. The number of benzene rings is 3. The molecule has 131 heavy (non-hydrogen) atoms. The maximum absolute atomic E-state index is 13.0. The van der Waals surface area contributed by atoms with Gasteiger partial charge in [0.05, 0.1) is 82.7 Å². The molecule has 9 N–H and O–H groups in total. The van der Waals surface area contributed by atoms with Gasteiger partial charge in [0.2, 0.25) is 27.1 Å². The summed E-state index contributed by atoms with van der Waals surface area (Å²) in [5.41, 5.74) is 1.44. The van der Waals surface area contributed by atoms with E-state index in [4.69, 9.17) is 30.2 Å². The van der Waals surface area contributed by atoms with E-state index in [2.05, 4.69) is 33.3 Å². The second-order valence-corrected chi connectivity index (χ2v) is 35.6. The number of aromatic hydroxyl groups is 2. The number of hydrogen-bond donors (Lipinski definition) is 9. The lowest BCUT2D eigenvalue weighted by atomic mass is 10.1. The Balaban J connectivity index is 0.000000169. The Bertz CT molecular complexity index is 5950. The van der Waals surface area contributed by atoms with E-state index in [1.54, 1.807) is 83.3 Å². The van der Waals surface area contributed by atoms with Crippen LogP contribution in [0.1, 0.15) is 163 Å². The molecule has 37 nitrogen and oxygen atoms in total. The molecule has 5 aromatic heterocycles. The molecule has 4 saturated heterocycles. The first-order chi connectivity index (χ1) is 61.8. The quantitative estimate of drug-likeness (QED) is 0.0277. The van der Waals surface area contributed by atoms with Gasteiger partial charge in [-0.3, -0.25) is 57.5 Å². The number of methoxy groups -OCH3 is 4. The second-order valence-electron chi connectivity index (χ2n) is 30.4. The molecule has 13 heterocycles. The molecular weight excluding hydrogens is 1820 g/mol. The molecule has 0 bridgehead atoms. The third-order valence-electron chi connectivity index (χ3n) is 21.5. The fraction of sp³-hybridized carbons (Fsp3) is 0.372. The summed E-state index contributed by atoms with van der Waals surface area (Å²) in [6, 6.07) is 17.4. The van der Waals surface area contributed by atoms with Crippen LogP contribution >= 0.6 is 59.7 Å². The molecule has 8 aliphatic heterocycles. The van der Waals surface area contributed by atoms with E-state index in [9.17, 15) is 100 Å². The van der Waals surface area contributed by atoms with Crippen LogP contribution in [0.25, 0.3) is 0 Å². The molecule has 4 fully saturated rings. The minimum atomic E-state index is -1.49. The van der Waals surface area contributed by atoms with E-state index in [0.29, 0.717) is 49.2 Å². The molecule has 0 radical (unpaired) electrons. The number of carbonyl (C=O) groups excluding carboxylic acids is 9. The first kappa shape index (κ1) is 100. The van der Waals surface area contributed by atoms with Gasteiger partial charge < -0.3 is 108 Å². The maximum Gasteiger partial charge on any atom is 0.358 e. The molecule has 3 aromatic carbocycles. The molecule has 7 amide bonds. The number of aromatic carboxylic acids is 2. The van der Waals surface area contributed by atoms with Crippen molar-refractivity contribution < 1.29 is 105 Å². The summed E-state index contributed by atoms with van der Waals surface area (Å²) in [4.78, 5) is 202. The minimum Gasteiger partial charge on any atom is -0.503 e. The van der Waals surface area contributed by atoms with E-state index >= 15 is 0 Å². The highest BCUT2D eigenvalue weighted by Gasteiger charge is 2.47. The van der Waals surface area contributed by atoms with Crippen molar-refractivity contribution in [3.05, 3.63) is 245 Å². The van der Waals surface area contributed by atoms with Crippen LogP contribution in [0.5, 0.6) is 28.7 Å². The van der Waals surface area contributed by atoms with Crippen molar-refractivity contribution in [1.29, 1.82) is 0 Å². The van der Waals surface area contributed by atoms with Gasteiger partial charge >= 0.3 is 17.9 Å². The zero-order chi connectivity index (χ0) is 94.9. The highest BCUT2D eigenvalue weighted by atomic mass is 32.2. The summed E-state index contributed by atoms with van der Waals surface area (Å²) >= 11 is 10.5. The van der Waals surface area contributed by atoms with Gasteiger partial charge in [-0.15, -0.1) is 47.0 Å². The fourth-order valence-electron chi connectivity index (χ4n) is 15.0. The summed E-state index contributed by atoms with van der Waals surface area (Å²) in [5.74, 6) is -6.32. The van der Waals surface area contributed by atoms with Crippen LogP contribution in [0.15, 0.2) is 128 Å². The molecule has 698 valence electrons. The molecule has 8 aromatic rings. The lowest BCUT2D eigenvalue weighted by Crippen LogP contribution is -2.48. The first-order valence-electron chi connectivity index (χ1n) is 39.9. The van der Waals surface area contributed by atoms with Gasteiger partial charge in [-0.05, 0) is 87.7 Å². The normalized spacial score (nSPS) is 19.1. The maximum atomic E-state index is 13.0. The minimum absolute atomic E-state index is 0. The number of thiol groups is 1. The van der Waals surface area contributed by atoms with E-state index < -0.39 is 97.4 Å². The number of carboxylic acids is 2. The molecule has 0 saturated carbocycles. The fourth-order valence-corrected chi connectivity index (χ4v) is 20.6. The zero-order valence-electron chi connectivity index (χ0n) is 71.1.